The predicted molar refractivity (Wildman–Crippen MR) is 158 cm³/mol. The molecule has 0 bridgehead atoms. The van der Waals surface area contributed by atoms with Crippen LogP contribution in [0.3, 0.4) is 0 Å². The van der Waals surface area contributed by atoms with Crippen LogP contribution < -0.4 is 5.32 Å². The van der Waals surface area contributed by atoms with Gasteiger partial charge in [0.05, 0.1) is 141 Å². The summed E-state index contributed by atoms with van der Waals surface area (Å²) in [6, 6.07) is 3.41. The van der Waals surface area contributed by atoms with Gasteiger partial charge in [-0.2, -0.15) is 0 Å². The number of nitro groups is 2. The minimum absolute atomic E-state index is 0.0168. The van der Waals surface area contributed by atoms with Crippen molar-refractivity contribution in [3.63, 3.8) is 0 Å². The first-order valence-electron chi connectivity index (χ1n) is 14.5. The van der Waals surface area contributed by atoms with Crippen molar-refractivity contribution in [3.8, 4) is 0 Å². The standard InChI is InChI=1S/C27H45N3O15/c31-27(32)3-5-37-7-9-39-11-13-41-15-17-43-19-21-45-22-20-44-18-16-42-14-12-40-10-8-38-6-4-28-25-2-1-24(29(33)34)23-26(25)30(35)36/h1-2,23,28H,3-22H2,(H,31,32). The summed E-state index contributed by atoms with van der Waals surface area (Å²) in [4.78, 5) is 30.9. The molecule has 0 aromatic heterocycles. The SMILES string of the molecule is O=C(O)CCOCCOCCOCCOCCOCCOCCOCCOCCOCCNc1ccc([N+](=O)[O-])cc1[N+](=O)[O-]. The molecule has 0 fully saturated rings. The molecule has 0 aliphatic heterocycles. The van der Waals surface area contributed by atoms with E-state index in [1.807, 2.05) is 0 Å². The molecule has 0 radical (unpaired) electrons. The molecule has 0 aliphatic carbocycles. The Balaban J connectivity index is 1.76. The van der Waals surface area contributed by atoms with Gasteiger partial charge in [0.2, 0.25) is 0 Å². The Kier molecular flexibility index (Phi) is 25.2. The van der Waals surface area contributed by atoms with E-state index in [2.05, 4.69) is 5.32 Å². The summed E-state index contributed by atoms with van der Waals surface area (Å²) in [5.41, 5.74) is -0.541. The Morgan fingerprint density at radius 2 is 0.933 bits per heavy atom. The molecule has 18 heteroatoms. The van der Waals surface area contributed by atoms with Crippen molar-refractivity contribution in [2.24, 2.45) is 0 Å². The molecule has 0 spiro atoms. The Bertz CT molecular complexity index is 925. The molecule has 1 aromatic carbocycles. The van der Waals surface area contributed by atoms with Crippen LogP contribution in [0.4, 0.5) is 17.1 Å². The van der Waals surface area contributed by atoms with Crippen LogP contribution >= 0.6 is 0 Å². The van der Waals surface area contributed by atoms with Crippen molar-refractivity contribution in [1.82, 2.24) is 0 Å². The fraction of sp³-hybridized carbons (Fsp3) is 0.741. The smallest absolute Gasteiger partial charge is 0.305 e. The molecule has 0 heterocycles. The van der Waals surface area contributed by atoms with Crippen molar-refractivity contribution in [1.29, 1.82) is 0 Å². The van der Waals surface area contributed by atoms with Crippen molar-refractivity contribution in [3.05, 3.63) is 38.4 Å². The van der Waals surface area contributed by atoms with E-state index >= 15 is 0 Å². The van der Waals surface area contributed by atoms with Crippen molar-refractivity contribution < 1.29 is 62.4 Å². The monoisotopic (exact) mass is 651 g/mol. The highest BCUT2D eigenvalue weighted by Crippen LogP contribution is 2.28. The molecule has 0 saturated heterocycles. The molecule has 0 amide bonds. The molecule has 258 valence electrons. The first kappa shape index (κ1) is 40.0. The first-order chi connectivity index (χ1) is 21.9. The minimum Gasteiger partial charge on any atom is -0.481 e. The number of non-ortho nitro benzene ring substituents is 1. The lowest BCUT2D eigenvalue weighted by atomic mass is 10.2. The van der Waals surface area contributed by atoms with Gasteiger partial charge >= 0.3 is 5.97 Å². The maximum atomic E-state index is 11.1. The zero-order valence-electron chi connectivity index (χ0n) is 25.4. The lowest BCUT2D eigenvalue weighted by Crippen LogP contribution is -2.16. The first-order valence-corrected chi connectivity index (χ1v) is 14.5. The average Bonchev–Trinajstić information content (AvgIpc) is 3.01. The summed E-state index contributed by atoms with van der Waals surface area (Å²) in [6.07, 6.45) is -0.0168. The second-order valence-electron chi connectivity index (χ2n) is 8.80. The summed E-state index contributed by atoms with van der Waals surface area (Å²) in [5, 5.41) is 33.2. The number of carboxylic acid groups (broad SMARTS) is 1. The third-order valence-corrected chi connectivity index (χ3v) is 5.39. The number of benzene rings is 1. The molecular formula is C27H45N3O15. The van der Waals surface area contributed by atoms with Gasteiger partial charge in [-0.05, 0) is 6.07 Å². The van der Waals surface area contributed by atoms with Gasteiger partial charge in [-0.25, -0.2) is 0 Å². The highest BCUT2D eigenvalue weighted by Gasteiger charge is 2.19. The molecule has 0 saturated carbocycles. The maximum Gasteiger partial charge on any atom is 0.305 e. The van der Waals surface area contributed by atoms with Gasteiger partial charge in [0, 0.05) is 12.6 Å². The maximum absolute atomic E-state index is 11.1. The number of aliphatic carboxylic acids is 1. The Labute approximate surface area is 261 Å². The Morgan fingerprint density at radius 3 is 1.27 bits per heavy atom. The fourth-order valence-corrected chi connectivity index (χ4v) is 3.21. The highest BCUT2D eigenvalue weighted by molar-refractivity contribution is 5.66. The lowest BCUT2D eigenvalue weighted by Gasteiger charge is -2.09. The number of ether oxygens (including phenoxy) is 9. The van der Waals surface area contributed by atoms with E-state index in [1.54, 1.807) is 0 Å². The molecule has 2 N–H and O–H groups in total. The zero-order chi connectivity index (χ0) is 32.8. The highest BCUT2D eigenvalue weighted by atomic mass is 16.6. The van der Waals surface area contributed by atoms with E-state index in [4.69, 9.17) is 47.7 Å². The van der Waals surface area contributed by atoms with Gasteiger partial charge in [0.1, 0.15) is 5.69 Å². The summed E-state index contributed by atoms with van der Waals surface area (Å²) in [6.45, 7) is 7.36. The van der Waals surface area contributed by atoms with E-state index in [-0.39, 0.29) is 43.2 Å². The average molecular weight is 652 g/mol. The molecular weight excluding hydrogens is 606 g/mol. The quantitative estimate of drug-likeness (QED) is 0.0625. The van der Waals surface area contributed by atoms with Crippen LogP contribution in [-0.4, -0.2) is 146 Å². The molecule has 45 heavy (non-hydrogen) atoms. The summed E-state index contributed by atoms with van der Waals surface area (Å²) in [5.74, 6) is -0.888. The van der Waals surface area contributed by atoms with Crippen LogP contribution in [0.25, 0.3) is 0 Å². The molecule has 0 aliphatic rings. The van der Waals surface area contributed by atoms with E-state index in [1.165, 1.54) is 12.1 Å². The third-order valence-electron chi connectivity index (χ3n) is 5.39. The number of carboxylic acids is 1. The number of carbonyl (C=O) groups is 1. The number of rotatable bonds is 33. The minimum atomic E-state index is -0.888. The topological polar surface area (TPSA) is 219 Å². The number of nitrogens with one attached hydrogen (secondary N) is 1. The van der Waals surface area contributed by atoms with Crippen LogP contribution in [0.1, 0.15) is 6.42 Å². The molecule has 0 unspecified atom stereocenters. The summed E-state index contributed by atoms with van der Waals surface area (Å²) in [7, 11) is 0. The number of hydrogen-bond acceptors (Lipinski definition) is 15. The number of hydrogen-bond donors (Lipinski definition) is 2. The van der Waals surface area contributed by atoms with Crippen molar-refractivity contribution in [2.75, 3.05) is 131 Å². The second-order valence-corrected chi connectivity index (χ2v) is 8.80. The molecule has 1 aromatic rings. The predicted octanol–water partition coefficient (Wildman–Crippen LogP) is 1.54. The van der Waals surface area contributed by atoms with Gasteiger partial charge in [0.15, 0.2) is 0 Å². The van der Waals surface area contributed by atoms with Gasteiger partial charge in [-0.3, -0.25) is 25.0 Å². The fourth-order valence-electron chi connectivity index (χ4n) is 3.21. The number of nitrogens with zero attached hydrogens (tertiary/aromatic N) is 2. The summed E-state index contributed by atoms with van der Waals surface area (Å²) < 4.78 is 48.3. The van der Waals surface area contributed by atoms with Gasteiger partial charge < -0.3 is 53.1 Å². The molecule has 0 atom stereocenters. The second kappa shape index (κ2) is 28.4. The zero-order valence-corrected chi connectivity index (χ0v) is 25.4. The Hall–Kier alpha value is -3.07. The van der Waals surface area contributed by atoms with Crippen molar-refractivity contribution >= 4 is 23.0 Å². The Morgan fingerprint density at radius 1 is 0.578 bits per heavy atom. The van der Waals surface area contributed by atoms with E-state index in [9.17, 15) is 25.0 Å². The van der Waals surface area contributed by atoms with Crippen LogP contribution in [-0.2, 0) is 47.4 Å². The van der Waals surface area contributed by atoms with Crippen LogP contribution in [0.15, 0.2) is 18.2 Å². The van der Waals surface area contributed by atoms with Crippen LogP contribution in [0.5, 0.6) is 0 Å². The van der Waals surface area contributed by atoms with Crippen LogP contribution in [0, 0.1) is 20.2 Å². The normalized spacial score (nSPS) is 11.1. The van der Waals surface area contributed by atoms with E-state index in [0.29, 0.717) is 106 Å². The van der Waals surface area contributed by atoms with Crippen molar-refractivity contribution in [2.45, 2.75) is 6.42 Å². The van der Waals surface area contributed by atoms with Gasteiger partial charge in [-0.1, -0.05) is 0 Å². The van der Waals surface area contributed by atoms with Gasteiger partial charge in [0.25, 0.3) is 11.4 Å². The number of nitro benzene ring substituents is 2. The lowest BCUT2D eigenvalue weighted by molar-refractivity contribution is -0.393. The van der Waals surface area contributed by atoms with E-state index in [0.717, 1.165) is 6.07 Å². The molecule has 1 rings (SSSR count). The largest absolute Gasteiger partial charge is 0.481 e. The van der Waals surface area contributed by atoms with Gasteiger partial charge in [-0.15, -0.1) is 0 Å². The third kappa shape index (κ3) is 23.9. The number of anilines is 1. The molecule has 18 nitrogen and oxygen atoms in total. The van der Waals surface area contributed by atoms with E-state index < -0.39 is 15.8 Å². The summed E-state index contributed by atoms with van der Waals surface area (Å²) >= 11 is 0. The van der Waals surface area contributed by atoms with Crippen LogP contribution in [0.2, 0.25) is 0 Å².